The summed E-state index contributed by atoms with van der Waals surface area (Å²) in [6.45, 7) is 1.97. The number of amides is 1. The lowest BCUT2D eigenvalue weighted by Gasteiger charge is -2.11. The minimum atomic E-state index is 0.0556. The van der Waals surface area contributed by atoms with Gasteiger partial charge in [0.2, 0.25) is 5.91 Å². The second-order valence-electron chi connectivity index (χ2n) is 3.97. The SMILES string of the molecule is CC(NC(=O)CC1CC1)c1cn[nH]c1. The molecule has 14 heavy (non-hydrogen) atoms. The molecule has 1 aliphatic carbocycles. The van der Waals surface area contributed by atoms with Crippen LogP contribution in [0.15, 0.2) is 12.4 Å². The summed E-state index contributed by atoms with van der Waals surface area (Å²) >= 11 is 0. The molecule has 0 aliphatic heterocycles. The molecule has 1 aromatic heterocycles. The fourth-order valence-corrected chi connectivity index (χ4v) is 1.47. The van der Waals surface area contributed by atoms with Gasteiger partial charge in [-0.05, 0) is 25.7 Å². The first-order chi connectivity index (χ1) is 6.75. The summed E-state index contributed by atoms with van der Waals surface area (Å²) in [5, 5.41) is 9.54. The van der Waals surface area contributed by atoms with Crippen LogP contribution < -0.4 is 5.32 Å². The predicted octanol–water partition coefficient (Wildman–Crippen LogP) is 1.39. The topological polar surface area (TPSA) is 57.8 Å². The lowest BCUT2D eigenvalue weighted by atomic mass is 10.2. The van der Waals surface area contributed by atoms with E-state index in [1.807, 2.05) is 13.1 Å². The number of hydrogen-bond donors (Lipinski definition) is 2. The maximum absolute atomic E-state index is 11.5. The molecule has 1 heterocycles. The molecule has 1 aromatic rings. The number of carbonyl (C=O) groups excluding carboxylic acids is 1. The predicted molar refractivity (Wildman–Crippen MR) is 52.5 cm³/mol. The van der Waals surface area contributed by atoms with Crippen molar-refractivity contribution < 1.29 is 4.79 Å². The molecule has 0 bridgehead atoms. The average molecular weight is 193 g/mol. The fraction of sp³-hybridized carbons (Fsp3) is 0.600. The Morgan fingerprint density at radius 3 is 3.14 bits per heavy atom. The molecule has 0 saturated heterocycles. The minimum Gasteiger partial charge on any atom is -0.349 e. The molecule has 1 fully saturated rings. The molecule has 0 spiro atoms. The van der Waals surface area contributed by atoms with Crippen LogP contribution in [0.5, 0.6) is 0 Å². The van der Waals surface area contributed by atoms with E-state index < -0.39 is 0 Å². The van der Waals surface area contributed by atoms with E-state index in [1.54, 1.807) is 6.20 Å². The molecular formula is C10H15N3O. The molecule has 0 aromatic carbocycles. The molecule has 1 aliphatic rings. The van der Waals surface area contributed by atoms with Crippen LogP contribution in [0.3, 0.4) is 0 Å². The summed E-state index contributed by atoms with van der Waals surface area (Å²) in [5.74, 6) is 0.799. The normalized spacial score (nSPS) is 17.8. The van der Waals surface area contributed by atoms with Crippen molar-refractivity contribution in [2.75, 3.05) is 0 Å². The lowest BCUT2D eigenvalue weighted by molar-refractivity contribution is -0.122. The van der Waals surface area contributed by atoms with Crippen molar-refractivity contribution in [3.05, 3.63) is 18.0 Å². The van der Waals surface area contributed by atoms with Gasteiger partial charge in [0.05, 0.1) is 12.2 Å². The highest BCUT2D eigenvalue weighted by Gasteiger charge is 2.24. The largest absolute Gasteiger partial charge is 0.349 e. The van der Waals surface area contributed by atoms with Crippen molar-refractivity contribution >= 4 is 5.91 Å². The third kappa shape index (κ3) is 2.34. The van der Waals surface area contributed by atoms with E-state index in [9.17, 15) is 4.79 Å². The molecule has 2 N–H and O–H groups in total. The van der Waals surface area contributed by atoms with Gasteiger partial charge in [-0.2, -0.15) is 5.10 Å². The summed E-state index contributed by atoms with van der Waals surface area (Å²) in [6, 6.07) is 0.0556. The number of nitrogens with one attached hydrogen (secondary N) is 2. The fourth-order valence-electron chi connectivity index (χ4n) is 1.47. The number of hydrogen-bond acceptors (Lipinski definition) is 2. The van der Waals surface area contributed by atoms with Gasteiger partial charge in [0.1, 0.15) is 0 Å². The molecule has 4 heteroatoms. The Hall–Kier alpha value is -1.32. The Bertz CT molecular complexity index is 303. The second kappa shape index (κ2) is 3.82. The van der Waals surface area contributed by atoms with E-state index in [-0.39, 0.29) is 11.9 Å². The smallest absolute Gasteiger partial charge is 0.220 e. The summed E-state index contributed by atoms with van der Waals surface area (Å²) in [4.78, 5) is 11.5. The molecular weight excluding hydrogens is 178 g/mol. The highest BCUT2D eigenvalue weighted by atomic mass is 16.1. The van der Waals surface area contributed by atoms with E-state index in [2.05, 4.69) is 15.5 Å². The molecule has 1 saturated carbocycles. The second-order valence-corrected chi connectivity index (χ2v) is 3.97. The Kier molecular flexibility index (Phi) is 2.52. The monoisotopic (exact) mass is 193 g/mol. The summed E-state index contributed by atoms with van der Waals surface area (Å²) in [6.07, 6.45) is 6.66. The van der Waals surface area contributed by atoms with Crippen molar-refractivity contribution in [2.24, 2.45) is 5.92 Å². The van der Waals surface area contributed by atoms with E-state index in [0.29, 0.717) is 12.3 Å². The summed E-state index contributed by atoms with van der Waals surface area (Å²) in [7, 11) is 0. The number of aromatic amines is 1. The van der Waals surface area contributed by atoms with Gasteiger partial charge in [-0.3, -0.25) is 9.89 Å². The van der Waals surface area contributed by atoms with Crippen LogP contribution in [0.4, 0.5) is 0 Å². The first-order valence-corrected chi connectivity index (χ1v) is 5.03. The van der Waals surface area contributed by atoms with E-state index in [1.165, 1.54) is 12.8 Å². The quantitative estimate of drug-likeness (QED) is 0.759. The zero-order chi connectivity index (χ0) is 9.97. The van der Waals surface area contributed by atoms with Gasteiger partial charge in [-0.1, -0.05) is 0 Å². The van der Waals surface area contributed by atoms with E-state index >= 15 is 0 Å². The molecule has 1 unspecified atom stereocenters. The van der Waals surface area contributed by atoms with Crippen LogP contribution in [0.1, 0.15) is 37.8 Å². The molecule has 4 nitrogen and oxygen atoms in total. The maximum Gasteiger partial charge on any atom is 0.220 e. The van der Waals surface area contributed by atoms with Crippen molar-refractivity contribution in [3.63, 3.8) is 0 Å². The van der Waals surface area contributed by atoms with Crippen molar-refractivity contribution in [3.8, 4) is 0 Å². The van der Waals surface area contributed by atoms with E-state index in [0.717, 1.165) is 5.56 Å². The third-order valence-corrected chi connectivity index (χ3v) is 2.57. The molecule has 2 rings (SSSR count). The standard InChI is InChI=1S/C10H15N3O/c1-7(9-5-11-12-6-9)13-10(14)4-8-2-3-8/h5-8H,2-4H2,1H3,(H,11,12)(H,13,14). The van der Waals surface area contributed by atoms with Gasteiger partial charge >= 0.3 is 0 Å². The number of rotatable bonds is 4. The summed E-state index contributed by atoms with van der Waals surface area (Å²) < 4.78 is 0. The number of H-pyrrole nitrogens is 1. The molecule has 0 radical (unpaired) electrons. The first kappa shape index (κ1) is 9.24. The zero-order valence-electron chi connectivity index (χ0n) is 8.29. The van der Waals surface area contributed by atoms with Gasteiger partial charge in [0.25, 0.3) is 0 Å². The van der Waals surface area contributed by atoms with Crippen LogP contribution in [-0.2, 0) is 4.79 Å². The van der Waals surface area contributed by atoms with Gasteiger partial charge in [0.15, 0.2) is 0 Å². The first-order valence-electron chi connectivity index (χ1n) is 5.03. The maximum atomic E-state index is 11.5. The molecule has 76 valence electrons. The van der Waals surface area contributed by atoms with Crippen molar-refractivity contribution in [1.29, 1.82) is 0 Å². The molecule has 1 atom stereocenters. The average Bonchev–Trinajstić information content (AvgIpc) is 2.80. The van der Waals surface area contributed by atoms with Gasteiger partial charge < -0.3 is 5.32 Å². The van der Waals surface area contributed by atoms with Crippen molar-refractivity contribution in [2.45, 2.75) is 32.2 Å². The number of carbonyl (C=O) groups is 1. The van der Waals surface area contributed by atoms with Gasteiger partial charge in [-0.15, -0.1) is 0 Å². The Morgan fingerprint density at radius 2 is 2.57 bits per heavy atom. The van der Waals surface area contributed by atoms with Crippen LogP contribution >= 0.6 is 0 Å². The Balaban J connectivity index is 1.81. The lowest BCUT2D eigenvalue weighted by Crippen LogP contribution is -2.26. The van der Waals surface area contributed by atoms with Crippen LogP contribution in [0.25, 0.3) is 0 Å². The Morgan fingerprint density at radius 1 is 1.79 bits per heavy atom. The van der Waals surface area contributed by atoms with Crippen molar-refractivity contribution in [1.82, 2.24) is 15.5 Å². The Labute approximate surface area is 83.1 Å². The highest BCUT2D eigenvalue weighted by Crippen LogP contribution is 2.32. The number of nitrogens with zero attached hydrogens (tertiary/aromatic N) is 1. The summed E-state index contributed by atoms with van der Waals surface area (Å²) in [5.41, 5.74) is 1.02. The molecule has 1 amide bonds. The van der Waals surface area contributed by atoms with Gasteiger partial charge in [-0.25, -0.2) is 0 Å². The van der Waals surface area contributed by atoms with Crippen LogP contribution in [-0.4, -0.2) is 16.1 Å². The zero-order valence-corrected chi connectivity index (χ0v) is 8.29. The number of aromatic nitrogens is 2. The van der Waals surface area contributed by atoms with E-state index in [4.69, 9.17) is 0 Å². The van der Waals surface area contributed by atoms with Crippen LogP contribution in [0, 0.1) is 5.92 Å². The minimum absolute atomic E-state index is 0.0556. The highest BCUT2D eigenvalue weighted by molar-refractivity contribution is 5.76. The third-order valence-electron chi connectivity index (χ3n) is 2.57. The van der Waals surface area contributed by atoms with Gasteiger partial charge in [0, 0.05) is 18.2 Å². The van der Waals surface area contributed by atoms with Crippen LogP contribution in [0.2, 0.25) is 0 Å².